The summed E-state index contributed by atoms with van der Waals surface area (Å²) >= 11 is 0. The Morgan fingerprint density at radius 1 is 1.04 bits per heavy atom. The second-order valence-corrected chi connectivity index (χ2v) is 7.70. The molecule has 3 nitrogen and oxygen atoms in total. The molecule has 138 valence electrons. The summed E-state index contributed by atoms with van der Waals surface area (Å²) in [5.41, 5.74) is 1.28. The lowest BCUT2D eigenvalue weighted by atomic mass is 9.81. The van der Waals surface area contributed by atoms with Crippen molar-refractivity contribution in [2.45, 2.75) is 83.2 Å². The van der Waals surface area contributed by atoms with Crippen LogP contribution in [0.15, 0.2) is 24.3 Å². The zero-order valence-corrected chi connectivity index (χ0v) is 15.5. The van der Waals surface area contributed by atoms with Gasteiger partial charge in [0.2, 0.25) is 0 Å². The van der Waals surface area contributed by atoms with Crippen LogP contribution in [-0.4, -0.2) is 18.7 Å². The topological polar surface area (TPSA) is 35.5 Å². The molecular weight excluding hydrogens is 312 g/mol. The highest BCUT2D eigenvalue weighted by atomic mass is 16.5. The highest BCUT2D eigenvalue weighted by Crippen LogP contribution is 2.36. The van der Waals surface area contributed by atoms with Crippen molar-refractivity contribution in [3.63, 3.8) is 0 Å². The number of unbranched alkanes of at least 4 members (excludes halogenated alkanes) is 2. The van der Waals surface area contributed by atoms with E-state index in [1.54, 1.807) is 0 Å². The third-order valence-corrected chi connectivity index (χ3v) is 5.46. The van der Waals surface area contributed by atoms with E-state index in [1.807, 2.05) is 0 Å². The molecular formula is C22H32O3. The van der Waals surface area contributed by atoms with E-state index in [4.69, 9.17) is 9.47 Å². The van der Waals surface area contributed by atoms with E-state index in [2.05, 4.69) is 31.2 Å². The number of ether oxygens (including phenoxy) is 2. The van der Waals surface area contributed by atoms with E-state index < -0.39 is 0 Å². The fourth-order valence-corrected chi connectivity index (χ4v) is 3.68. The van der Waals surface area contributed by atoms with Crippen LogP contribution in [-0.2, 0) is 9.53 Å². The molecule has 1 aromatic carbocycles. The van der Waals surface area contributed by atoms with Crippen LogP contribution in [0, 0.1) is 5.92 Å². The van der Waals surface area contributed by atoms with Crippen molar-refractivity contribution < 1.29 is 14.3 Å². The predicted octanol–water partition coefficient (Wildman–Crippen LogP) is 5.63. The normalized spacial score (nSPS) is 23.2. The van der Waals surface area contributed by atoms with Crippen molar-refractivity contribution in [2.75, 3.05) is 6.61 Å². The zero-order chi connectivity index (χ0) is 17.5. The van der Waals surface area contributed by atoms with Crippen LogP contribution in [0.25, 0.3) is 0 Å². The Balaban J connectivity index is 1.54. The summed E-state index contributed by atoms with van der Waals surface area (Å²) in [4.78, 5) is 12.1. The first-order chi connectivity index (χ1) is 12.3. The largest absolute Gasteiger partial charge is 0.493 e. The lowest BCUT2D eigenvalue weighted by molar-refractivity contribution is -0.151. The number of carbonyl (C=O) groups excluding carboxylic acids is 1. The standard InChI is InChI=1S/C22H32O3/c1-2-3-4-9-22(23)25-21-8-6-5-7-20(21)18-12-14-19(15-13-18)24-16-17-10-11-17/h12-15,17,20-21H,2-11,16H2,1H3/t20-,21+/m1/s1. The monoisotopic (exact) mass is 344 g/mol. The molecule has 0 radical (unpaired) electrons. The molecule has 0 aliphatic heterocycles. The zero-order valence-electron chi connectivity index (χ0n) is 15.5. The molecule has 3 heteroatoms. The van der Waals surface area contributed by atoms with E-state index in [9.17, 15) is 4.79 Å². The van der Waals surface area contributed by atoms with Crippen molar-refractivity contribution in [2.24, 2.45) is 5.92 Å². The van der Waals surface area contributed by atoms with Crippen molar-refractivity contribution in [1.29, 1.82) is 0 Å². The maximum atomic E-state index is 12.1. The molecule has 0 saturated heterocycles. The van der Waals surface area contributed by atoms with Crippen molar-refractivity contribution in [3.8, 4) is 5.75 Å². The molecule has 25 heavy (non-hydrogen) atoms. The molecule has 0 bridgehead atoms. The summed E-state index contributed by atoms with van der Waals surface area (Å²) in [7, 11) is 0. The van der Waals surface area contributed by atoms with Crippen molar-refractivity contribution in [1.82, 2.24) is 0 Å². The molecule has 2 saturated carbocycles. The van der Waals surface area contributed by atoms with Crippen LogP contribution in [0.1, 0.15) is 82.6 Å². The summed E-state index contributed by atoms with van der Waals surface area (Å²) in [5.74, 6) is 2.05. The Kier molecular flexibility index (Phi) is 6.77. The Labute approximate surface area is 152 Å². The smallest absolute Gasteiger partial charge is 0.306 e. The highest BCUT2D eigenvalue weighted by molar-refractivity contribution is 5.69. The maximum Gasteiger partial charge on any atom is 0.306 e. The SMILES string of the molecule is CCCCCC(=O)O[C@H]1CCCC[C@@H]1c1ccc(OCC2CC2)cc1. The van der Waals surface area contributed by atoms with E-state index in [-0.39, 0.29) is 12.1 Å². The van der Waals surface area contributed by atoms with Gasteiger partial charge in [0.05, 0.1) is 6.61 Å². The molecule has 2 aliphatic rings. The van der Waals surface area contributed by atoms with Gasteiger partial charge in [-0.3, -0.25) is 4.79 Å². The molecule has 0 amide bonds. The van der Waals surface area contributed by atoms with E-state index in [0.29, 0.717) is 12.3 Å². The molecule has 2 aliphatic carbocycles. The van der Waals surface area contributed by atoms with E-state index in [1.165, 1.54) is 24.8 Å². The van der Waals surface area contributed by atoms with Gasteiger partial charge in [-0.2, -0.15) is 0 Å². The summed E-state index contributed by atoms with van der Waals surface area (Å²) in [6.07, 6.45) is 10.9. The van der Waals surface area contributed by atoms with Crippen LogP contribution in [0.2, 0.25) is 0 Å². The summed E-state index contributed by atoms with van der Waals surface area (Å²) in [6.45, 7) is 3.00. The number of benzene rings is 1. The van der Waals surface area contributed by atoms with Gasteiger partial charge in [-0.1, -0.05) is 38.3 Å². The van der Waals surface area contributed by atoms with Crippen molar-refractivity contribution in [3.05, 3.63) is 29.8 Å². The molecule has 1 aromatic rings. The average Bonchev–Trinajstić information content (AvgIpc) is 3.46. The number of hydrogen-bond acceptors (Lipinski definition) is 3. The summed E-state index contributed by atoms with van der Waals surface area (Å²) in [5, 5.41) is 0. The quantitative estimate of drug-likeness (QED) is 0.430. The Morgan fingerprint density at radius 3 is 2.52 bits per heavy atom. The van der Waals surface area contributed by atoms with Gasteiger partial charge in [-0.15, -0.1) is 0 Å². The minimum Gasteiger partial charge on any atom is -0.493 e. The number of hydrogen-bond donors (Lipinski definition) is 0. The van der Waals surface area contributed by atoms with Gasteiger partial charge in [0, 0.05) is 12.3 Å². The molecule has 0 unspecified atom stereocenters. The fraction of sp³-hybridized carbons (Fsp3) is 0.682. The Hall–Kier alpha value is -1.51. The molecule has 0 aromatic heterocycles. The van der Waals surface area contributed by atoms with Crippen LogP contribution < -0.4 is 4.74 Å². The second-order valence-electron chi connectivity index (χ2n) is 7.70. The minimum absolute atomic E-state index is 0.0188. The van der Waals surface area contributed by atoms with Gasteiger partial charge in [0.25, 0.3) is 0 Å². The first kappa shape index (κ1) is 18.3. The van der Waals surface area contributed by atoms with E-state index in [0.717, 1.165) is 56.8 Å². The predicted molar refractivity (Wildman–Crippen MR) is 99.9 cm³/mol. The van der Waals surface area contributed by atoms with Gasteiger partial charge < -0.3 is 9.47 Å². The first-order valence-corrected chi connectivity index (χ1v) is 10.2. The summed E-state index contributed by atoms with van der Waals surface area (Å²) < 4.78 is 11.7. The third-order valence-electron chi connectivity index (χ3n) is 5.46. The minimum atomic E-state index is -0.0188. The lowest BCUT2D eigenvalue weighted by Gasteiger charge is -2.31. The van der Waals surface area contributed by atoms with Gasteiger partial charge in [0.1, 0.15) is 11.9 Å². The van der Waals surface area contributed by atoms with Gasteiger partial charge >= 0.3 is 5.97 Å². The molecule has 2 atom stereocenters. The molecule has 0 heterocycles. The van der Waals surface area contributed by atoms with Crippen LogP contribution in [0.4, 0.5) is 0 Å². The molecule has 2 fully saturated rings. The first-order valence-electron chi connectivity index (χ1n) is 10.2. The van der Waals surface area contributed by atoms with Gasteiger partial charge in [0.15, 0.2) is 0 Å². The Morgan fingerprint density at radius 2 is 1.80 bits per heavy atom. The van der Waals surface area contributed by atoms with Gasteiger partial charge in [-0.25, -0.2) is 0 Å². The second kappa shape index (κ2) is 9.26. The van der Waals surface area contributed by atoms with Gasteiger partial charge in [-0.05, 0) is 62.1 Å². The number of carbonyl (C=O) groups is 1. The maximum absolute atomic E-state index is 12.1. The van der Waals surface area contributed by atoms with Crippen molar-refractivity contribution >= 4 is 5.97 Å². The fourth-order valence-electron chi connectivity index (χ4n) is 3.68. The molecule has 0 spiro atoms. The van der Waals surface area contributed by atoms with Crippen LogP contribution in [0.3, 0.4) is 0 Å². The third kappa shape index (κ3) is 5.76. The van der Waals surface area contributed by atoms with Crippen LogP contribution in [0.5, 0.6) is 5.75 Å². The average molecular weight is 344 g/mol. The Bertz CT molecular complexity index is 533. The number of esters is 1. The number of rotatable bonds is 9. The van der Waals surface area contributed by atoms with E-state index >= 15 is 0 Å². The summed E-state index contributed by atoms with van der Waals surface area (Å²) in [6, 6.07) is 8.48. The highest BCUT2D eigenvalue weighted by Gasteiger charge is 2.29. The molecule has 3 rings (SSSR count). The van der Waals surface area contributed by atoms with Crippen LogP contribution >= 0.6 is 0 Å². The molecule has 0 N–H and O–H groups in total. The lowest BCUT2D eigenvalue weighted by Crippen LogP contribution is -2.28.